The molecule has 19 heavy (non-hydrogen) atoms. The standard InChI is InChI=1S/C17H22O2/c1-2-3-4-5-6-10-16(18)14-12-13-19-17-11-8-7-9-15(14)17/h2,7-9,11,14H,1,3-6,10,12-13H2. The van der Waals surface area contributed by atoms with E-state index in [1.54, 1.807) is 0 Å². The Morgan fingerprint density at radius 3 is 3.00 bits per heavy atom. The highest BCUT2D eigenvalue weighted by Crippen LogP contribution is 2.34. The second-order valence-corrected chi connectivity index (χ2v) is 5.08. The predicted molar refractivity (Wildman–Crippen MR) is 77.6 cm³/mol. The van der Waals surface area contributed by atoms with E-state index < -0.39 is 0 Å². The highest BCUT2D eigenvalue weighted by Gasteiger charge is 2.26. The van der Waals surface area contributed by atoms with Crippen LogP contribution >= 0.6 is 0 Å². The summed E-state index contributed by atoms with van der Waals surface area (Å²) in [7, 11) is 0. The number of carbonyl (C=O) groups is 1. The minimum absolute atomic E-state index is 0.0457. The van der Waals surface area contributed by atoms with Crippen LogP contribution < -0.4 is 4.74 Å². The van der Waals surface area contributed by atoms with Crippen molar-refractivity contribution in [3.63, 3.8) is 0 Å². The molecule has 0 radical (unpaired) electrons. The third-order valence-electron chi connectivity index (χ3n) is 3.68. The molecule has 0 saturated heterocycles. The summed E-state index contributed by atoms with van der Waals surface area (Å²) < 4.78 is 5.60. The second kappa shape index (κ2) is 7.13. The van der Waals surface area contributed by atoms with Crippen molar-refractivity contribution < 1.29 is 9.53 Å². The number of unbranched alkanes of at least 4 members (excludes halogenated alkanes) is 3. The van der Waals surface area contributed by atoms with Crippen LogP contribution in [0.4, 0.5) is 0 Å². The molecule has 0 aliphatic carbocycles. The minimum Gasteiger partial charge on any atom is -0.493 e. The summed E-state index contributed by atoms with van der Waals surface area (Å²) in [5.74, 6) is 1.30. The number of carbonyl (C=O) groups excluding carboxylic acids is 1. The van der Waals surface area contributed by atoms with E-state index in [1.807, 2.05) is 30.3 Å². The van der Waals surface area contributed by atoms with E-state index in [1.165, 1.54) is 0 Å². The molecule has 0 bridgehead atoms. The number of rotatable bonds is 7. The molecule has 0 aromatic heterocycles. The Morgan fingerprint density at radius 1 is 1.32 bits per heavy atom. The van der Waals surface area contributed by atoms with Crippen LogP contribution in [0.1, 0.15) is 50.0 Å². The van der Waals surface area contributed by atoms with Gasteiger partial charge in [-0.2, -0.15) is 0 Å². The van der Waals surface area contributed by atoms with Gasteiger partial charge in [0.05, 0.1) is 6.61 Å². The monoisotopic (exact) mass is 258 g/mol. The van der Waals surface area contributed by atoms with Crippen molar-refractivity contribution in [1.29, 1.82) is 0 Å². The zero-order valence-corrected chi connectivity index (χ0v) is 11.4. The van der Waals surface area contributed by atoms with Gasteiger partial charge in [-0.1, -0.05) is 30.7 Å². The number of fused-ring (bicyclic) bond motifs is 1. The Morgan fingerprint density at radius 2 is 2.16 bits per heavy atom. The number of hydrogen-bond donors (Lipinski definition) is 0. The molecule has 2 heteroatoms. The van der Waals surface area contributed by atoms with Gasteiger partial charge in [-0.05, 0) is 31.7 Å². The van der Waals surface area contributed by atoms with E-state index in [-0.39, 0.29) is 5.92 Å². The fourth-order valence-corrected chi connectivity index (χ4v) is 2.62. The zero-order chi connectivity index (χ0) is 13.5. The van der Waals surface area contributed by atoms with Gasteiger partial charge in [-0.3, -0.25) is 4.79 Å². The van der Waals surface area contributed by atoms with E-state index in [9.17, 15) is 4.79 Å². The van der Waals surface area contributed by atoms with Gasteiger partial charge in [-0.15, -0.1) is 6.58 Å². The van der Waals surface area contributed by atoms with Gasteiger partial charge in [0.2, 0.25) is 0 Å². The summed E-state index contributed by atoms with van der Waals surface area (Å²) in [4.78, 5) is 12.3. The summed E-state index contributed by atoms with van der Waals surface area (Å²) in [6.07, 6.45) is 7.75. The largest absolute Gasteiger partial charge is 0.493 e. The Kier molecular flexibility index (Phi) is 5.20. The topological polar surface area (TPSA) is 26.3 Å². The lowest BCUT2D eigenvalue weighted by atomic mass is 9.87. The van der Waals surface area contributed by atoms with Crippen molar-refractivity contribution in [2.24, 2.45) is 0 Å². The van der Waals surface area contributed by atoms with Crippen LogP contribution in [-0.4, -0.2) is 12.4 Å². The number of para-hydroxylation sites is 1. The first-order chi connectivity index (χ1) is 9.33. The lowest BCUT2D eigenvalue weighted by Crippen LogP contribution is -2.21. The molecule has 1 heterocycles. The summed E-state index contributed by atoms with van der Waals surface area (Å²) in [5, 5.41) is 0. The highest BCUT2D eigenvalue weighted by atomic mass is 16.5. The number of hydrogen-bond acceptors (Lipinski definition) is 2. The molecule has 0 amide bonds. The van der Waals surface area contributed by atoms with Gasteiger partial charge in [0.25, 0.3) is 0 Å². The Hall–Kier alpha value is -1.57. The molecule has 0 fully saturated rings. The fraction of sp³-hybridized carbons (Fsp3) is 0.471. The molecule has 1 aromatic rings. The molecule has 2 rings (SSSR count). The molecular formula is C17H22O2. The molecule has 1 aliphatic heterocycles. The van der Waals surface area contributed by atoms with E-state index in [2.05, 4.69) is 6.58 Å². The highest BCUT2D eigenvalue weighted by molar-refractivity contribution is 5.86. The van der Waals surface area contributed by atoms with E-state index in [0.29, 0.717) is 18.8 Å². The van der Waals surface area contributed by atoms with Gasteiger partial charge >= 0.3 is 0 Å². The Balaban J connectivity index is 1.88. The second-order valence-electron chi connectivity index (χ2n) is 5.08. The SMILES string of the molecule is C=CCCCCCC(=O)C1CCOc2ccccc21. The lowest BCUT2D eigenvalue weighted by molar-refractivity contribution is -0.121. The molecule has 102 valence electrons. The van der Waals surface area contributed by atoms with Crippen LogP contribution in [0.2, 0.25) is 0 Å². The van der Waals surface area contributed by atoms with Gasteiger partial charge in [0.1, 0.15) is 11.5 Å². The molecule has 1 aliphatic rings. The van der Waals surface area contributed by atoms with E-state index >= 15 is 0 Å². The van der Waals surface area contributed by atoms with Crippen LogP contribution in [-0.2, 0) is 4.79 Å². The number of ether oxygens (including phenoxy) is 1. The van der Waals surface area contributed by atoms with Crippen molar-refractivity contribution >= 4 is 5.78 Å². The molecule has 1 atom stereocenters. The Labute approximate surface area is 115 Å². The van der Waals surface area contributed by atoms with Gasteiger partial charge in [0, 0.05) is 17.9 Å². The van der Waals surface area contributed by atoms with Crippen molar-refractivity contribution in [1.82, 2.24) is 0 Å². The van der Waals surface area contributed by atoms with Crippen molar-refractivity contribution in [2.45, 2.75) is 44.4 Å². The maximum Gasteiger partial charge on any atom is 0.140 e. The van der Waals surface area contributed by atoms with Crippen LogP contribution in [0.25, 0.3) is 0 Å². The van der Waals surface area contributed by atoms with Gasteiger partial charge in [0.15, 0.2) is 0 Å². The fourth-order valence-electron chi connectivity index (χ4n) is 2.62. The van der Waals surface area contributed by atoms with Crippen molar-refractivity contribution in [3.05, 3.63) is 42.5 Å². The maximum absolute atomic E-state index is 12.3. The summed E-state index contributed by atoms with van der Waals surface area (Å²) in [5.41, 5.74) is 1.07. The minimum atomic E-state index is 0.0457. The third kappa shape index (κ3) is 3.69. The first-order valence-electron chi connectivity index (χ1n) is 7.18. The van der Waals surface area contributed by atoms with Crippen molar-refractivity contribution in [2.75, 3.05) is 6.61 Å². The molecule has 0 spiro atoms. The lowest BCUT2D eigenvalue weighted by Gasteiger charge is -2.24. The molecular weight excluding hydrogens is 236 g/mol. The maximum atomic E-state index is 12.3. The zero-order valence-electron chi connectivity index (χ0n) is 11.4. The predicted octanol–water partition coefficient (Wildman–Crippen LogP) is 4.26. The normalized spacial score (nSPS) is 17.4. The first kappa shape index (κ1) is 13.9. The smallest absolute Gasteiger partial charge is 0.140 e. The van der Waals surface area contributed by atoms with Crippen molar-refractivity contribution in [3.8, 4) is 5.75 Å². The quantitative estimate of drug-likeness (QED) is 0.539. The first-order valence-corrected chi connectivity index (χ1v) is 7.18. The summed E-state index contributed by atoms with van der Waals surface area (Å²) >= 11 is 0. The molecule has 1 unspecified atom stereocenters. The van der Waals surface area contributed by atoms with E-state index in [4.69, 9.17) is 4.74 Å². The number of ketones is 1. The van der Waals surface area contributed by atoms with Crippen LogP contribution in [0, 0.1) is 0 Å². The summed E-state index contributed by atoms with van der Waals surface area (Å²) in [6, 6.07) is 7.92. The number of allylic oxidation sites excluding steroid dienone is 1. The molecule has 0 saturated carbocycles. The molecule has 1 aromatic carbocycles. The third-order valence-corrected chi connectivity index (χ3v) is 3.68. The van der Waals surface area contributed by atoms with Gasteiger partial charge in [-0.25, -0.2) is 0 Å². The molecule has 2 nitrogen and oxygen atoms in total. The van der Waals surface area contributed by atoms with Crippen LogP contribution in [0.3, 0.4) is 0 Å². The van der Waals surface area contributed by atoms with E-state index in [0.717, 1.165) is 43.4 Å². The van der Waals surface area contributed by atoms with Crippen LogP contribution in [0.15, 0.2) is 36.9 Å². The molecule has 0 N–H and O–H groups in total. The average Bonchev–Trinajstić information content (AvgIpc) is 2.46. The summed E-state index contributed by atoms with van der Waals surface area (Å²) in [6.45, 7) is 4.37. The Bertz CT molecular complexity index is 437. The van der Waals surface area contributed by atoms with Crippen LogP contribution in [0.5, 0.6) is 5.75 Å². The average molecular weight is 258 g/mol. The number of benzene rings is 1. The van der Waals surface area contributed by atoms with Gasteiger partial charge < -0.3 is 4.74 Å². The number of Topliss-reactive ketones (excluding diaryl/α,β-unsaturated/α-hetero) is 1.